The number of aromatic nitrogens is 2. The average molecular weight is 299 g/mol. The molecule has 0 aliphatic rings. The highest BCUT2D eigenvalue weighted by atomic mass is 32.2. The van der Waals surface area contributed by atoms with Gasteiger partial charge in [-0.25, -0.2) is 4.98 Å². The highest BCUT2D eigenvalue weighted by Crippen LogP contribution is 2.23. The minimum atomic E-state index is -0.467. The fraction of sp³-hybridized carbons (Fsp3) is 0.667. The van der Waals surface area contributed by atoms with Gasteiger partial charge in [0.2, 0.25) is 11.8 Å². The van der Waals surface area contributed by atoms with Crippen LogP contribution in [0.5, 0.6) is 0 Å². The summed E-state index contributed by atoms with van der Waals surface area (Å²) >= 11 is 1.78. The van der Waals surface area contributed by atoms with Crippen molar-refractivity contribution in [3.05, 3.63) is 16.3 Å². The van der Waals surface area contributed by atoms with Gasteiger partial charge in [-0.05, 0) is 19.1 Å². The predicted octanol–water partition coefficient (Wildman–Crippen LogP) is 2.76. The molecule has 0 radical (unpaired) electrons. The maximum absolute atomic E-state index is 11.0. The summed E-state index contributed by atoms with van der Waals surface area (Å²) in [5.41, 5.74) is -0.0969. The molecule has 7 nitrogen and oxygen atoms in total. The van der Waals surface area contributed by atoms with Gasteiger partial charge < -0.3 is 10.6 Å². The normalized spacial score (nSPS) is 11.9. The Hall–Kier alpha value is -1.57. The van der Waals surface area contributed by atoms with E-state index in [0.29, 0.717) is 5.95 Å². The van der Waals surface area contributed by atoms with Crippen molar-refractivity contribution >= 4 is 29.2 Å². The van der Waals surface area contributed by atoms with E-state index in [2.05, 4.69) is 27.5 Å². The first kappa shape index (κ1) is 16.5. The summed E-state index contributed by atoms with van der Waals surface area (Å²) in [5.74, 6) is 2.57. The molecule has 2 N–H and O–H groups in total. The molecule has 0 fully saturated rings. The summed E-state index contributed by atoms with van der Waals surface area (Å²) in [6, 6.07) is 0.104. The van der Waals surface area contributed by atoms with Crippen LogP contribution < -0.4 is 10.6 Å². The summed E-state index contributed by atoms with van der Waals surface area (Å²) in [4.78, 5) is 18.7. The first-order valence-corrected chi connectivity index (χ1v) is 7.83. The molecule has 0 amide bonds. The zero-order valence-corrected chi connectivity index (χ0v) is 12.9. The maximum atomic E-state index is 11.0. The minimum absolute atomic E-state index is 0.0969. The second-order valence-corrected chi connectivity index (χ2v) is 5.64. The predicted molar refractivity (Wildman–Crippen MR) is 83.6 cm³/mol. The van der Waals surface area contributed by atoms with Crippen molar-refractivity contribution in [2.75, 3.05) is 28.7 Å². The highest BCUT2D eigenvalue weighted by molar-refractivity contribution is 7.99. The Balaban J connectivity index is 2.85. The molecule has 1 aromatic rings. The molecule has 0 spiro atoms. The maximum Gasteiger partial charge on any atom is 0.329 e. The fourth-order valence-electron chi connectivity index (χ4n) is 1.51. The summed E-state index contributed by atoms with van der Waals surface area (Å²) in [6.45, 7) is 6.82. The fourth-order valence-corrected chi connectivity index (χ4v) is 2.18. The van der Waals surface area contributed by atoms with Crippen LogP contribution in [0.3, 0.4) is 0 Å². The quantitative estimate of drug-likeness (QED) is 0.535. The molecule has 0 aliphatic carbocycles. The zero-order valence-electron chi connectivity index (χ0n) is 12.0. The molecule has 1 aromatic heterocycles. The lowest BCUT2D eigenvalue weighted by Gasteiger charge is -2.14. The Bertz CT molecular complexity index is 444. The molecular formula is C12H21N5O2S. The Morgan fingerprint density at radius 2 is 2.25 bits per heavy atom. The number of nitrogens with zero attached hydrogens (tertiary/aromatic N) is 3. The molecule has 112 valence electrons. The lowest BCUT2D eigenvalue weighted by Crippen LogP contribution is -2.20. The topological polar surface area (TPSA) is 93.0 Å². The molecule has 1 rings (SSSR count). The second kappa shape index (κ2) is 8.57. The molecule has 0 aliphatic heterocycles. The number of hydrogen-bond acceptors (Lipinski definition) is 7. The van der Waals surface area contributed by atoms with Gasteiger partial charge in [0.05, 0.1) is 4.92 Å². The molecule has 0 saturated carbocycles. The Morgan fingerprint density at radius 3 is 2.85 bits per heavy atom. The number of anilines is 2. The van der Waals surface area contributed by atoms with Crippen LogP contribution in [0.2, 0.25) is 0 Å². The third-order valence-electron chi connectivity index (χ3n) is 2.45. The van der Waals surface area contributed by atoms with Crippen LogP contribution in [0.4, 0.5) is 17.5 Å². The van der Waals surface area contributed by atoms with E-state index in [-0.39, 0.29) is 17.5 Å². The van der Waals surface area contributed by atoms with Gasteiger partial charge >= 0.3 is 5.69 Å². The lowest BCUT2D eigenvalue weighted by atomic mass is 10.3. The van der Waals surface area contributed by atoms with Crippen LogP contribution in [-0.2, 0) is 0 Å². The highest BCUT2D eigenvalue weighted by Gasteiger charge is 2.18. The first-order valence-electron chi connectivity index (χ1n) is 6.68. The number of nitrogens with one attached hydrogen (secondary N) is 2. The summed E-state index contributed by atoms with van der Waals surface area (Å²) in [6.07, 6.45) is 2.18. The van der Waals surface area contributed by atoms with E-state index in [4.69, 9.17) is 0 Å². The molecule has 0 aromatic carbocycles. The summed E-state index contributed by atoms with van der Waals surface area (Å²) in [7, 11) is 0. The van der Waals surface area contributed by atoms with Gasteiger partial charge in [0.25, 0.3) is 0 Å². The van der Waals surface area contributed by atoms with Crippen LogP contribution in [0.1, 0.15) is 27.2 Å². The third-order valence-corrected chi connectivity index (χ3v) is 3.60. The first-order chi connectivity index (χ1) is 9.58. The molecule has 1 unspecified atom stereocenters. The largest absolute Gasteiger partial charge is 0.361 e. The van der Waals surface area contributed by atoms with Crippen LogP contribution in [0.25, 0.3) is 0 Å². The Labute approximate surface area is 123 Å². The Kier molecular flexibility index (Phi) is 7.06. The number of nitro groups is 1. The summed E-state index contributed by atoms with van der Waals surface area (Å²) < 4.78 is 0. The molecule has 20 heavy (non-hydrogen) atoms. The molecule has 8 heteroatoms. The third kappa shape index (κ3) is 5.20. The van der Waals surface area contributed by atoms with Gasteiger partial charge in [0.1, 0.15) is 6.20 Å². The monoisotopic (exact) mass is 299 g/mol. The average Bonchev–Trinajstić information content (AvgIpc) is 2.42. The minimum Gasteiger partial charge on any atom is -0.361 e. The van der Waals surface area contributed by atoms with Crippen LogP contribution >= 0.6 is 11.8 Å². The summed E-state index contributed by atoms with van der Waals surface area (Å²) in [5, 5.41) is 17.1. The van der Waals surface area contributed by atoms with E-state index in [1.807, 2.05) is 13.8 Å². The van der Waals surface area contributed by atoms with E-state index in [1.165, 1.54) is 6.20 Å². The van der Waals surface area contributed by atoms with Crippen molar-refractivity contribution in [2.45, 2.75) is 33.2 Å². The van der Waals surface area contributed by atoms with Gasteiger partial charge in [0.15, 0.2) is 0 Å². The van der Waals surface area contributed by atoms with Gasteiger partial charge in [-0.1, -0.05) is 13.8 Å². The van der Waals surface area contributed by atoms with Gasteiger partial charge in [-0.15, -0.1) is 0 Å². The SMILES string of the molecule is CCCNc1ncc([N+](=O)[O-])c(NC(C)CSCC)n1. The van der Waals surface area contributed by atoms with Crippen molar-refractivity contribution in [1.82, 2.24) is 9.97 Å². The standard InChI is InChI=1S/C12H21N5O2S/c1-4-6-13-12-14-7-10(17(18)19)11(16-12)15-9(3)8-20-5-2/h7,9H,4-6,8H2,1-3H3,(H2,13,14,15,16). The number of rotatable bonds is 9. The van der Waals surface area contributed by atoms with Crippen LogP contribution in [0, 0.1) is 10.1 Å². The lowest BCUT2D eigenvalue weighted by molar-refractivity contribution is -0.384. The van der Waals surface area contributed by atoms with Crippen molar-refractivity contribution in [3.8, 4) is 0 Å². The molecular weight excluding hydrogens is 278 g/mol. The van der Waals surface area contributed by atoms with E-state index < -0.39 is 4.92 Å². The van der Waals surface area contributed by atoms with E-state index >= 15 is 0 Å². The van der Waals surface area contributed by atoms with E-state index in [9.17, 15) is 10.1 Å². The number of hydrogen-bond donors (Lipinski definition) is 2. The molecule has 0 saturated heterocycles. The van der Waals surface area contributed by atoms with Gasteiger partial charge in [-0.3, -0.25) is 10.1 Å². The molecule has 0 bridgehead atoms. The van der Waals surface area contributed by atoms with Crippen molar-refractivity contribution < 1.29 is 4.92 Å². The van der Waals surface area contributed by atoms with Crippen LogP contribution in [0.15, 0.2) is 6.20 Å². The second-order valence-electron chi connectivity index (χ2n) is 4.32. The zero-order chi connectivity index (χ0) is 15.0. The van der Waals surface area contributed by atoms with Crippen molar-refractivity contribution in [1.29, 1.82) is 0 Å². The Morgan fingerprint density at radius 1 is 1.50 bits per heavy atom. The van der Waals surface area contributed by atoms with Crippen LogP contribution in [-0.4, -0.2) is 39.0 Å². The van der Waals surface area contributed by atoms with E-state index in [0.717, 1.165) is 24.5 Å². The van der Waals surface area contributed by atoms with Gasteiger partial charge in [-0.2, -0.15) is 16.7 Å². The molecule has 1 heterocycles. The molecule has 1 atom stereocenters. The smallest absolute Gasteiger partial charge is 0.329 e. The number of thioether (sulfide) groups is 1. The van der Waals surface area contributed by atoms with E-state index in [1.54, 1.807) is 11.8 Å². The van der Waals surface area contributed by atoms with Crippen molar-refractivity contribution in [2.24, 2.45) is 0 Å². The van der Waals surface area contributed by atoms with Gasteiger partial charge in [0, 0.05) is 18.3 Å². The van der Waals surface area contributed by atoms with Crippen molar-refractivity contribution in [3.63, 3.8) is 0 Å².